The highest BCUT2D eigenvalue weighted by molar-refractivity contribution is 7.99. The molecule has 0 unspecified atom stereocenters. The first kappa shape index (κ1) is 23.7. The SMILES string of the molecule is COc1ncnc(OC)c1C(=O)Nc1nc2c(s1)C1(CCSCC1)Oc1cc(C(F)(F)F)ccc1-2. The second-order valence-corrected chi connectivity index (χ2v) is 10.1. The summed E-state index contributed by atoms with van der Waals surface area (Å²) in [5, 5.41) is 3.01. The Hall–Kier alpha value is -3.06. The normalized spacial score (nSPS) is 16.1. The fraction of sp³-hybridized carbons (Fsp3) is 0.364. The van der Waals surface area contributed by atoms with Gasteiger partial charge in [-0.25, -0.2) is 15.0 Å². The number of halogens is 3. The lowest BCUT2D eigenvalue weighted by Gasteiger charge is -2.40. The molecular weight excluding hydrogens is 505 g/mol. The van der Waals surface area contributed by atoms with Crippen LogP contribution in [-0.2, 0) is 11.8 Å². The molecule has 0 saturated carbocycles. The maximum absolute atomic E-state index is 13.4. The van der Waals surface area contributed by atoms with Gasteiger partial charge in [0.1, 0.15) is 17.7 Å². The molecule has 3 aromatic rings. The van der Waals surface area contributed by atoms with Crippen molar-refractivity contribution in [3.05, 3.63) is 40.5 Å². The van der Waals surface area contributed by atoms with Crippen molar-refractivity contribution in [2.45, 2.75) is 24.6 Å². The molecule has 5 rings (SSSR count). The van der Waals surface area contributed by atoms with Crippen molar-refractivity contribution in [1.82, 2.24) is 15.0 Å². The van der Waals surface area contributed by atoms with Crippen molar-refractivity contribution < 1.29 is 32.2 Å². The van der Waals surface area contributed by atoms with Crippen LogP contribution in [0.3, 0.4) is 0 Å². The first-order chi connectivity index (χ1) is 16.8. The fourth-order valence-corrected chi connectivity index (χ4v) is 6.46. The third-order valence-electron chi connectivity index (χ3n) is 5.82. The van der Waals surface area contributed by atoms with Gasteiger partial charge in [-0.05, 0) is 29.7 Å². The molecule has 0 bridgehead atoms. The summed E-state index contributed by atoms with van der Waals surface area (Å²) in [5.74, 6) is 1.20. The number of thiazole rings is 1. The Morgan fingerprint density at radius 3 is 2.46 bits per heavy atom. The van der Waals surface area contributed by atoms with Crippen molar-refractivity contribution in [2.75, 3.05) is 31.0 Å². The zero-order valence-corrected chi connectivity index (χ0v) is 20.2. The topological polar surface area (TPSA) is 95.5 Å². The Morgan fingerprint density at radius 2 is 1.83 bits per heavy atom. The number of carbonyl (C=O) groups excluding carboxylic acids is 1. The minimum absolute atomic E-state index is 0.000853. The second-order valence-electron chi connectivity index (χ2n) is 7.84. The summed E-state index contributed by atoms with van der Waals surface area (Å²) >= 11 is 3.00. The summed E-state index contributed by atoms with van der Waals surface area (Å²) < 4.78 is 56.8. The number of rotatable bonds is 4. The van der Waals surface area contributed by atoms with Gasteiger partial charge in [-0.15, -0.1) is 0 Å². The monoisotopic (exact) mass is 524 g/mol. The van der Waals surface area contributed by atoms with E-state index in [0.717, 1.165) is 28.5 Å². The van der Waals surface area contributed by atoms with Gasteiger partial charge in [-0.1, -0.05) is 11.3 Å². The quantitative estimate of drug-likeness (QED) is 0.509. The highest BCUT2D eigenvalue weighted by Crippen LogP contribution is 2.54. The molecule has 0 atom stereocenters. The van der Waals surface area contributed by atoms with Crippen LogP contribution in [0.4, 0.5) is 18.3 Å². The van der Waals surface area contributed by atoms with Gasteiger partial charge < -0.3 is 14.2 Å². The second kappa shape index (κ2) is 8.86. The Bertz CT molecular complexity index is 1270. The first-order valence-corrected chi connectivity index (χ1v) is 12.5. The van der Waals surface area contributed by atoms with Crippen LogP contribution in [0, 0.1) is 0 Å². The maximum Gasteiger partial charge on any atom is 0.416 e. The fourth-order valence-electron chi connectivity index (χ4n) is 4.15. The number of amides is 1. The average molecular weight is 525 g/mol. The van der Waals surface area contributed by atoms with Gasteiger partial charge in [-0.2, -0.15) is 24.9 Å². The number of carbonyl (C=O) groups is 1. The van der Waals surface area contributed by atoms with Gasteiger partial charge in [0.2, 0.25) is 11.8 Å². The van der Waals surface area contributed by atoms with Crippen molar-refractivity contribution >= 4 is 34.1 Å². The number of benzene rings is 1. The zero-order chi connectivity index (χ0) is 24.8. The molecule has 2 aliphatic rings. The van der Waals surface area contributed by atoms with Crippen molar-refractivity contribution in [1.29, 1.82) is 0 Å². The van der Waals surface area contributed by atoms with Gasteiger partial charge in [0.15, 0.2) is 10.7 Å². The summed E-state index contributed by atoms with van der Waals surface area (Å²) in [5.41, 5.74) is -0.626. The number of nitrogens with zero attached hydrogens (tertiary/aromatic N) is 3. The lowest BCUT2D eigenvalue weighted by molar-refractivity contribution is -0.137. The number of methoxy groups -OCH3 is 2. The van der Waals surface area contributed by atoms with Crippen molar-refractivity contribution in [3.8, 4) is 28.8 Å². The van der Waals surface area contributed by atoms with E-state index in [2.05, 4.69) is 20.3 Å². The maximum atomic E-state index is 13.4. The standard InChI is InChI=1S/C22H19F3N4O4S2/c1-31-18-14(19(32-2)27-10-26-18)17(30)29-20-28-15-12-4-3-11(22(23,24)25)9-13(12)33-21(16(15)35-20)5-7-34-8-6-21/h3-4,9-10H,5-8H2,1-2H3,(H,28,29,30). The van der Waals surface area contributed by atoms with Crippen LogP contribution >= 0.6 is 23.1 Å². The Morgan fingerprint density at radius 1 is 1.14 bits per heavy atom. The molecule has 8 nitrogen and oxygen atoms in total. The zero-order valence-electron chi connectivity index (χ0n) is 18.6. The predicted octanol–water partition coefficient (Wildman–Crippen LogP) is 5.00. The van der Waals surface area contributed by atoms with E-state index >= 15 is 0 Å². The lowest BCUT2D eigenvalue weighted by Crippen LogP contribution is -2.38. The number of nitrogens with one attached hydrogen (secondary N) is 1. The third kappa shape index (κ3) is 4.16. The molecule has 2 aliphatic heterocycles. The molecular formula is C22H19F3N4O4S2. The smallest absolute Gasteiger partial charge is 0.416 e. The van der Waals surface area contributed by atoms with Crippen LogP contribution < -0.4 is 19.5 Å². The Balaban J connectivity index is 1.57. The van der Waals surface area contributed by atoms with Crippen LogP contribution in [0.2, 0.25) is 0 Å². The molecule has 0 radical (unpaired) electrons. The van der Waals surface area contributed by atoms with Crippen LogP contribution in [0.1, 0.15) is 33.6 Å². The van der Waals surface area contributed by atoms with E-state index in [1.807, 2.05) is 0 Å². The van der Waals surface area contributed by atoms with Gasteiger partial charge >= 0.3 is 6.18 Å². The summed E-state index contributed by atoms with van der Waals surface area (Å²) in [7, 11) is 2.74. The Kier molecular flexibility index (Phi) is 5.99. The van der Waals surface area contributed by atoms with Gasteiger partial charge in [0.25, 0.3) is 5.91 Å². The largest absolute Gasteiger partial charge is 0.481 e. The highest BCUT2D eigenvalue weighted by Gasteiger charge is 2.46. The summed E-state index contributed by atoms with van der Waals surface area (Å²) in [6.45, 7) is 0. The van der Waals surface area contributed by atoms with E-state index in [1.54, 1.807) is 11.8 Å². The minimum Gasteiger partial charge on any atom is -0.481 e. The summed E-state index contributed by atoms with van der Waals surface area (Å²) in [6.07, 6.45) is -2.05. The molecule has 1 saturated heterocycles. The van der Waals surface area contributed by atoms with Crippen LogP contribution in [0.25, 0.3) is 11.3 Å². The van der Waals surface area contributed by atoms with E-state index in [1.165, 1.54) is 38.0 Å². The van der Waals surface area contributed by atoms with E-state index in [-0.39, 0.29) is 28.2 Å². The molecule has 1 N–H and O–H groups in total. The number of hydrogen-bond acceptors (Lipinski definition) is 9. The molecule has 184 valence electrons. The minimum atomic E-state index is -4.49. The molecule has 4 heterocycles. The molecule has 13 heteroatoms. The van der Waals surface area contributed by atoms with Crippen molar-refractivity contribution in [3.63, 3.8) is 0 Å². The number of fused-ring (bicyclic) bond motifs is 4. The molecule has 35 heavy (non-hydrogen) atoms. The van der Waals surface area contributed by atoms with E-state index in [0.29, 0.717) is 24.1 Å². The molecule has 1 spiro atoms. The molecule has 0 aliphatic carbocycles. The number of aromatic nitrogens is 3. The molecule has 1 aromatic carbocycles. The van der Waals surface area contributed by atoms with E-state index < -0.39 is 23.2 Å². The first-order valence-electron chi connectivity index (χ1n) is 10.5. The van der Waals surface area contributed by atoms with E-state index in [9.17, 15) is 18.0 Å². The summed E-state index contributed by atoms with van der Waals surface area (Å²) in [4.78, 5) is 26.4. The number of anilines is 1. The van der Waals surface area contributed by atoms with Gasteiger partial charge in [0, 0.05) is 18.4 Å². The van der Waals surface area contributed by atoms with Crippen molar-refractivity contribution in [2.24, 2.45) is 0 Å². The van der Waals surface area contributed by atoms with Gasteiger partial charge in [-0.3, -0.25) is 10.1 Å². The van der Waals surface area contributed by atoms with Crippen LogP contribution in [-0.4, -0.2) is 46.6 Å². The van der Waals surface area contributed by atoms with Crippen LogP contribution in [0.5, 0.6) is 17.5 Å². The molecule has 1 fully saturated rings. The predicted molar refractivity (Wildman–Crippen MR) is 125 cm³/mol. The van der Waals surface area contributed by atoms with Gasteiger partial charge in [0.05, 0.1) is 30.4 Å². The number of thioether (sulfide) groups is 1. The molecule has 1 amide bonds. The van der Waals surface area contributed by atoms with E-state index in [4.69, 9.17) is 14.2 Å². The number of hydrogen-bond donors (Lipinski definition) is 1. The Labute approximate surface area is 206 Å². The van der Waals surface area contributed by atoms with Crippen LogP contribution in [0.15, 0.2) is 24.5 Å². The molecule has 2 aromatic heterocycles. The third-order valence-corrected chi connectivity index (χ3v) is 7.96. The lowest BCUT2D eigenvalue weighted by atomic mass is 9.88. The summed E-state index contributed by atoms with van der Waals surface area (Å²) in [6, 6.07) is 3.40. The number of alkyl halides is 3. The average Bonchev–Trinajstić information content (AvgIpc) is 3.28. The highest BCUT2D eigenvalue weighted by atomic mass is 32.2. The number of ether oxygens (including phenoxy) is 3.